The van der Waals surface area contributed by atoms with Gasteiger partial charge in [-0.3, -0.25) is 0 Å². The first-order valence-corrected chi connectivity index (χ1v) is 7.75. The molecule has 0 radical (unpaired) electrons. The van der Waals surface area contributed by atoms with Crippen LogP contribution >= 0.6 is 0 Å². The second kappa shape index (κ2) is 7.32. The van der Waals surface area contributed by atoms with Gasteiger partial charge in [-0.25, -0.2) is 0 Å². The summed E-state index contributed by atoms with van der Waals surface area (Å²) in [5.41, 5.74) is 11.1. The van der Waals surface area contributed by atoms with E-state index in [-0.39, 0.29) is 0 Å². The fraction of sp³-hybridized carbons (Fsp3) is 0.368. The molecule has 3 heteroatoms. The van der Waals surface area contributed by atoms with Crippen LogP contribution in [-0.4, -0.2) is 34.7 Å². The van der Waals surface area contributed by atoms with Gasteiger partial charge in [0.25, 0.3) is 0 Å². The summed E-state index contributed by atoms with van der Waals surface area (Å²) in [5, 5.41) is 0. The van der Waals surface area contributed by atoms with Crippen molar-refractivity contribution in [3.8, 4) is 0 Å². The van der Waals surface area contributed by atoms with E-state index in [0.717, 1.165) is 6.42 Å². The maximum atomic E-state index is 6.01. The van der Waals surface area contributed by atoms with Gasteiger partial charge in [-0.2, -0.15) is 0 Å². The third kappa shape index (κ3) is 4.01. The Balaban J connectivity index is 2.11. The van der Waals surface area contributed by atoms with Crippen molar-refractivity contribution in [3.05, 3.63) is 59.7 Å². The van der Waals surface area contributed by atoms with Crippen molar-refractivity contribution in [2.45, 2.75) is 12.3 Å². The Bertz CT molecular complexity index is 571. The van der Waals surface area contributed by atoms with Crippen molar-refractivity contribution >= 4 is 11.4 Å². The Morgan fingerprint density at radius 2 is 1.23 bits per heavy atom. The lowest BCUT2D eigenvalue weighted by atomic mass is 9.92. The summed E-state index contributed by atoms with van der Waals surface area (Å²) in [7, 11) is 8.23. The van der Waals surface area contributed by atoms with Crippen molar-refractivity contribution in [1.82, 2.24) is 0 Å². The summed E-state index contributed by atoms with van der Waals surface area (Å²) in [4.78, 5) is 4.23. The maximum Gasteiger partial charge on any atom is 0.0361 e. The van der Waals surface area contributed by atoms with E-state index < -0.39 is 0 Å². The molecule has 0 aliphatic rings. The summed E-state index contributed by atoms with van der Waals surface area (Å²) in [6, 6.07) is 17.4. The molecule has 0 bridgehead atoms. The van der Waals surface area contributed by atoms with E-state index in [0.29, 0.717) is 12.5 Å². The van der Waals surface area contributed by atoms with Crippen LogP contribution in [-0.2, 0) is 6.42 Å². The number of nitrogens with two attached hydrogens (primary N) is 1. The van der Waals surface area contributed by atoms with Gasteiger partial charge >= 0.3 is 0 Å². The van der Waals surface area contributed by atoms with Gasteiger partial charge in [0.05, 0.1) is 0 Å². The van der Waals surface area contributed by atoms with Gasteiger partial charge in [-0.05, 0) is 48.4 Å². The van der Waals surface area contributed by atoms with Crippen LogP contribution < -0.4 is 15.5 Å². The van der Waals surface area contributed by atoms with Gasteiger partial charge in [0.15, 0.2) is 0 Å². The minimum absolute atomic E-state index is 0.362. The molecule has 22 heavy (non-hydrogen) atoms. The molecule has 0 heterocycles. The Labute approximate surface area is 134 Å². The van der Waals surface area contributed by atoms with Crippen molar-refractivity contribution in [1.29, 1.82) is 0 Å². The molecule has 0 spiro atoms. The second-order valence-corrected chi connectivity index (χ2v) is 6.18. The molecule has 0 aliphatic carbocycles. The summed E-state index contributed by atoms with van der Waals surface area (Å²) < 4.78 is 0. The highest BCUT2D eigenvalue weighted by molar-refractivity contribution is 5.48. The standard InChI is InChI=1S/C19H27N3/c1-21(2)18-9-5-15(6-10-18)13-17(14-20)16-7-11-19(12-8-16)22(3)4/h5-12,17H,13-14,20H2,1-4H3. The topological polar surface area (TPSA) is 32.5 Å². The average molecular weight is 297 g/mol. The number of nitrogens with zero attached hydrogens (tertiary/aromatic N) is 2. The number of anilines is 2. The van der Waals surface area contributed by atoms with Crippen molar-refractivity contribution < 1.29 is 0 Å². The molecule has 0 saturated carbocycles. The van der Waals surface area contributed by atoms with Gasteiger partial charge in [-0.15, -0.1) is 0 Å². The molecular weight excluding hydrogens is 270 g/mol. The number of rotatable bonds is 6. The number of hydrogen-bond acceptors (Lipinski definition) is 3. The first-order chi connectivity index (χ1) is 10.5. The summed E-state index contributed by atoms with van der Waals surface area (Å²) in [6.45, 7) is 0.663. The van der Waals surface area contributed by atoms with Crippen molar-refractivity contribution in [3.63, 3.8) is 0 Å². The van der Waals surface area contributed by atoms with Crippen LogP contribution in [0.2, 0.25) is 0 Å². The monoisotopic (exact) mass is 297 g/mol. The molecule has 0 aliphatic heterocycles. The molecule has 0 amide bonds. The Hall–Kier alpha value is -2.00. The van der Waals surface area contributed by atoms with Gasteiger partial charge in [0.2, 0.25) is 0 Å². The Morgan fingerprint density at radius 3 is 1.64 bits per heavy atom. The molecule has 2 aromatic carbocycles. The van der Waals surface area contributed by atoms with Gasteiger partial charge in [0.1, 0.15) is 0 Å². The van der Waals surface area contributed by atoms with Crippen LogP contribution in [0.5, 0.6) is 0 Å². The van der Waals surface area contributed by atoms with E-state index in [4.69, 9.17) is 5.73 Å². The van der Waals surface area contributed by atoms with Crippen LogP contribution in [0.15, 0.2) is 48.5 Å². The molecule has 2 aromatic rings. The zero-order chi connectivity index (χ0) is 16.1. The molecule has 2 N–H and O–H groups in total. The SMILES string of the molecule is CN(C)c1ccc(CC(CN)c2ccc(N(C)C)cc2)cc1. The van der Waals surface area contributed by atoms with Gasteiger partial charge in [0, 0.05) is 45.5 Å². The predicted molar refractivity (Wildman–Crippen MR) is 97.0 cm³/mol. The fourth-order valence-corrected chi connectivity index (χ4v) is 2.60. The summed E-state index contributed by atoms with van der Waals surface area (Å²) in [6.07, 6.45) is 0.978. The third-order valence-electron chi connectivity index (χ3n) is 4.10. The molecular formula is C19H27N3. The van der Waals surface area contributed by atoms with Crippen molar-refractivity contribution in [2.75, 3.05) is 44.5 Å². The first kappa shape index (κ1) is 16.4. The average Bonchev–Trinajstić information content (AvgIpc) is 2.53. The molecule has 2 rings (SSSR count). The van der Waals surface area contributed by atoms with E-state index in [9.17, 15) is 0 Å². The zero-order valence-corrected chi connectivity index (χ0v) is 14.1. The Morgan fingerprint density at radius 1 is 0.773 bits per heavy atom. The Kier molecular flexibility index (Phi) is 5.45. The quantitative estimate of drug-likeness (QED) is 0.889. The lowest BCUT2D eigenvalue weighted by Gasteiger charge is -2.18. The zero-order valence-electron chi connectivity index (χ0n) is 14.1. The van der Waals surface area contributed by atoms with Crippen LogP contribution in [0.25, 0.3) is 0 Å². The highest BCUT2D eigenvalue weighted by Crippen LogP contribution is 2.23. The van der Waals surface area contributed by atoms with E-state index in [1.807, 2.05) is 0 Å². The largest absolute Gasteiger partial charge is 0.378 e. The fourth-order valence-electron chi connectivity index (χ4n) is 2.60. The lowest BCUT2D eigenvalue weighted by molar-refractivity contribution is 0.694. The summed E-state index contributed by atoms with van der Waals surface area (Å²) >= 11 is 0. The van der Waals surface area contributed by atoms with Crippen LogP contribution in [0, 0.1) is 0 Å². The lowest BCUT2D eigenvalue weighted by Crippen LogP contribution is -2.16. The van der Waals surface area contributed by atoms with Crippen LogP contribution in [0.4, 0.5) is 11.4 Å². The van der Waals surface area contributed by atoms with Crippen molar-refractivity contribution in [2.24, 2.45) is 5.73 Å². The maximum absolute atomic E-state index is 6.01. The van der Waals surface area contributed by atoms with Crippen LogP contribution in [0.3, 0.4) is 0 Å². The highest BCUT2D eigenvalue weighted by atomic mass is 15.1. The molecule has 0 saturated heterocycles. The number of benzene rings is 2. The van der Waals surface area contributed by atoms with Crippen LogP contribution in [0.1, 0.15) is 17.0 Å². The van der Waals surface area contributed by atoms with E-state index in [1.165, 1.54) is 22.5 Å². The normalized spacial score (nSPS) is 12.0. The van der Waals surface area contributed by atoms with E-state index >= 15 is 0 Å². The second-order valence-electron chi connectivity index (χ2n) is 6.18. The molecule has 1 unspecified atom stereocenters. The molecule has 3 nitrogen and oxygen atoms in total. The molecule has 0 aromatic heterocycles. The molecule has 1 atom stereocenters. The molecule has 118 valence electrons. The predicted octanol–water partition coefficient (Wildman–Crippen LogP) is 3.10. The smallest absolute Gasteiger partial charge is 0.0361 e. The van der Waals surface area contributed by atoms with E-state index in [1.54, 1.807) is 0 Å². The van der Waals surface area contributed by atoms with E-state index in [2.05, 4.69) is 86.5 Å². The van der Waals surface area contributed by atoms with Gasteiger partial charge < -0.3 is 15.5 Å². The summed E-state index contributed by atoms with van der Waals surface area (Å²) in [5.74, 6) is 0.362. The number of hydrogen-bond donors (Lipinski definition) is 1. The first-order valence-electron chi connectivity index (χ1n) is 7.75. The highest BCUT2D eigenvalue weighted by Gasteiger charge is 2.11. The van der Waals surface area contributed by atoms with Gasteiger partial charge in [-0.1, -0.05) is 24.3 Å². The minimum atomic E-state index is 0.362. The third-order valence-corrected chi connectivity index (χ3v) is 4.10. The minimum Gasteiger partial charge on any atom is -0.378 e. The molecule has 0 fully saturated rings.